The van der Waals surface area contributed by atoms with Crippen molar-refractivity contribution in [1.82, 2.24) is 20.0 Å². The molecule has 6 nitrogen and oxygen atoms in total. The number of hydrogen-bond donors (Lipinski definition) is 0. The molecular weight excluding hydrogens is 220 g/mol. The molecular formula is C11H12N4O2. The van der Waals surface area contributed by atoms with Crippen LogP contribution in [0.25, 0.3) is 5.82 Å². The number of ether oxygens (including phenoxy) is 1. The van der Waals surface area contributed by atoms with Gasteiger partial charge in [-0.25, -0.2) is 14.5 Å². The van der Waals surface area contributed by atoms with Gasteiger partial charge in [0.2, 0.25) is 0 Å². The van der Waals surface area contributed by atoms with Gasteiger partial charge in [-0.05, 0) is 31.5 Å². The topological polar surface area (TPSA) is 69.9 Å². The van der Waals surface area contributed by atoms with Gasteiger partial charge in [0, 0.05) is 6.20 Å². The Bertz CT molecular complexity index is 536. The minimum Gasteiger partial charge on any atom is -0.461 e. The van der Waals surface area contributed by atoms with E-state index < -0.39 is 5.97 Å². The van der Waals surface area contributed by atoms with Crippen molar-refractivity contribution in [3.8, 4) is 5.82 Å². The second-order valence-electron chi connectivity index (χ2n) is 3.46. The number of aromatic nitrogens is 4. The van der Waals surface area contributed by atoms with Crippen molar-refractivity contribution >= 4 is 5.97 Å². The minimum absolute atomic E-state index is 0.176. The Morgan fingerprint density at radius 3 is 3.06 bits per heavy atom. The van der Waals surface area contributed by atoms with Crippen LogP contribution in [0.3, 0.4) is 0 Å². The van der Waals surface area contributed by atoms with E-state index >= 15 is 0 Å². The summed E-state index contributed by atoms with van der Waals surface area (Å²) in [5.41, 5.74) is 1.23. The first-order valence-electron chi connectivity index (χ1n) is 5.23. The van der Waals surface area contributed by atoms with Gasteiger partial charge in [-0.1, -0.05) is 5.21 Å². The summed E-state index contributed by atoms with van der Waals surface area (Å²) in [6.07, 6.45) is 3.18. The van der Waals surface area contributed by atoms with E-state index in [2.05, 4.69) is 15.3 Å². The van der Waals surface area contributed by atoms with Crippen LogP contribution in [0.15, 0.2) is 24.5 Å². The first-order valence-corrected chi connectivity index (χ1v) is 5.23. The predicted molar refractivity (Wildman–Crippen MR) is 59.8 cm³/mol. The van der Waals surface area contributed by atoms with E-state index in [1.165, 1.54) is 10.9 Å². The molecule has 6 heteroatoms. The molecule has 0 N–H and O–H groups in total. The number of carbonyl (C=O) groups is 1. The molecule has 2 aromatic heterocycles. The molecule has 2 heterocycles. The van der Waals surface area contributed by atoms with E-state index in [1.54, 1.807) is 13.1 Å². The first kappa shape index (κ1) is 11.3. The molecule has 0 amide bonds. The van der Waals surface area contributed by atoms with E-state index in [9.17, 15) is 4.79 Å². The molecule has 0 aliphatic carbocycles. The number of pyridine rings is 1. The van der Waals surface area contributed by atoms with Crippen LogP contribution in [0.4, 0.5) is 0 Å². The smallest absolute Gasteiger partial charge is 0.360 e. The number of carbonyl (C=O) groups excluding carboxylic acids is 1. The van der Waals surface area contributed by atoms with Crippen LogP contribution >= 0.6 is 0 Å². The lowest BCUT2D eigenvalue weighted by atomic mass is 10.3. The summed E-state index contributed by atoms with van der Waals surface area (Å²) in [5.74, 6) is 0.138. The zero-order chi connectivity index (χ0) is 12.3. The lowest BCUT2D eigenvalue weighted by Crippen LogP contribution is -2.04. The normalized spacial score (nSPS) is 10.2. The first-order chi connectivity index (χ1) is 8.20. The molecule has 0 radical (unpaired) electrons. The zero-order valence-electron chi connectivity index (χ0n) is 9.62. The summed E-state index contributed by atoms with van der Waals surface area (Å²) in [4.78, 5) is 15.5. The summed E-state index contributed by atoms with van der Waals surface area (Å²) in [6.45, 7) is 4.01. The second-order valence-corrected chi connectivity index (χ2v) is 3.46. The molecule has 17 heavy (non-hydrogen) atoms. The molecule has 0 fully saturated rings. The predicted octanol–water partition coefficient (Wildman–Crippen LogP) is 1.15. The number of hydrogen-bond acceptors (Lipinski definition) is 5. The maximum absolute atomic E-state index is 11.4. The minimum atomic E-state index is -0.480. The Balaban J connectivity index is 2.27. The highest BCUT2D eigenvalue weighted by atomic mass is 16.5. The summed E-state index contributed by atoms with van der Waals surface area (Å²) in [7, 11) is 0. The molecule has 0 bridgehead atoms. The summed E-state index contributed by atoms with van der Waals surface area (Å²) >= 11 is 0. The molecule has 0 atom stereocenters. The average molecular weight is 232 g/mol. The Hall–Kier alpha value is -2.24. The van der Waals surface area contributed by atoms with E-state index in [-0.39, 0.29) is 5.69 Å². The lowest BCUT2D eigenvalue weighted by Gasteiger charge is -1.99. The van der Waals surface area contributed by atoms with Crippen molar-refractivity contribution in [1.29, 1.82) is 0 Å². The van der Waals surface area contributed by atoms with E-state index in [4.69, 9.17) is 4.74 Å². The van der Waals surface area contributed by atoms with Crippen molar-refractivity contribution in [3.63, 3.8) is 0 Å². The van der Waals surface area contributed by atoms with Crippen molar-refractivity contribution in [3.05, 3.63) is 35.8 Å². The molecule has 2 aromatic rings. The van der Waals surface area contributed by atoms with Gasteiger partial charge < -0.3 is 4.74 Å². The van der Waals surface area contributed by atoms with Crippen LogP contribution in [0, 0.1) is 6.92 Å². The average Bonchev–Trinajstić information content (AvgIpc) is 2.78. The molecule has 0 saturated carbocycles. The lowest BCUT2D eigenvalue weighted by molar-refractivity contribution is 0.0519. The molecule has 0 unspecified atom stereocenters. The van der Waals surface area contributed by atoms with Crippen molar-refractivity contribution < 1.29 is 9.53 Å². The van der Waals surface area contributed by atoms with Gasteiger partial charge in [0.15, 0.2) is 11.5 Å². The van der Waals surface area contributed by atoms with Crippen LogP contribution in [-0.4, -0.2) is 32.6 Å². The Morgan fingerprint density at radius 2 is 2.35 bits per heavy atom. The number of aryl methyl sites for hydroxylation is 1. The highest BCUT2D eigenvalue weighted by molar-refractivity contribution is 5.86. The van der Waals surface area contributed by atoms with Gasteiger partial charge in [-0.2, -0.15) is 0 Å². The van der Waals surface area contributed by atoms with Crippen LogP contribution in [-0.2, 0) is 4.74 Å². The maximum Gasteiger partial charge on any atom is 0.360 e. The molecule has 0 spiro atoms. The highest BCUT2D eigenvalue weighted by Crippen LogP contribution is 2.06. The van der Waals surface area contributed by atoms with E-state index in [0.717, 1.165) is 5.56 Å². The molecule has 2 rings (SSSR count). The van der Waals surface area contributed by atoms with Crippen LogP contribution in [0.5, 0.6) is 0 Å². The van der Waals surface area contributed by atoms with Crippen molar-refractivity contribution in [2.45, 2.75) is 13.8 Å². The standard InChI is InChI=1S/C11H12N4O2/c1-3-17-11(16)9-7-15(14-13-9)10-6-8(2)4-5-12-10/h4-7H,3H2,1-2H3. The summed E-state index contributed by atoms with van der Waals surface area (Å²) in [6, 6.07) is 3.73. The van der Waals surface area contributed by atoms with Crippen molar-refractivity contribution in [2.75, 3.05) is 6.61 Å². The van der Waals surface area contributed by atoms with Gasteiger partial charge in [0.1, 0.15) is 0 Å². The maximum atomic E-state index is 11.4. The van der Waals surface area contributed by atoms with E-state index in [0.29, 0.717) is 12.4 Å². The second kappa shape index (κ2) is 4.73. The van der Waals surface area contributed by atoms with Crippen LogP contribution in [0.1, 0.15) is 23.0 Å². The van der Waals surface area contributed by atoms with Gasteiger partial charge in [0.05, 0.1) is 12.8 Å². The van der Waals surface area contributed by atoms with Crippen LogP contribution < -0.4 is 0 Å². The SMILES string of the molecule is CCOC(=O)c1cn(-c2cc(C)ccn2)nn1. The summed E-state index contributed by atoms with van der Waals surface area (Å²) in [5, 5.41) is 7.57. The van der Waals surface area contributed by atoms with Gasteiger partial charge in [0.25, 0.3) is 0 Å². The Morgan fingerprint density at radius 1 is 1.53 bits per heavy atom. The molecule has 0 aliphatic rings. The Kier molecular flexibility index (Phi) is 3.13. The quantitative estimate of drug-likeness (QED) is 0.742. The molecule has 0 aromatic carbocycles. The summed E-state index contributed by atoms with van der Waals surface area (Å²) < 4.78 is 6.27. The fourth-order valence-corrected chi connectivity index (χ4v) is 1.32. The number of esters is 1. The third-order valence-corrected chi connectivity index (χ3v) is 2.11. The molecule has 0 aliphatic heterocycles. The fraction of sp³-hybridized carbons (Fsp3) is 0.273. The zero-order valence-corrected chi connectivity index (χ0v) is 9.62. The van der Waals surface area contributed by atoms with Crippen LogP contribution in [0.2, 0.25) is 0 Å². The van der Waals surface area contributed by atoms with Crippen molar-refractivity contribution in [2.24, 2.45) is 0 Å². The monoisotopic (exact) mass is 232 g/mol. The van der Waals surface area contributed by atoms with E-state index in [1.807, 2.05) is 19.1 Å². The Labute approximate surface area is 98.2 Å². The van der Waals surface area contributed by atoms with Gasteiger partial charge in [-0.15, -0.1) is 5.10 Å². The van der Waals surface area contributed by atoms with Gasteiger partial charge >= 0.3 is 5.97 Å². The highest BCUT2D eigenvalue weighted by Gasteiger charge is 2.12. The molecule has 88 valence electrons. The largest absolute Gasteiger partial charge is 0.461 e. The van der Waals surface area contributed by atoms with Gasteiger partial charge in [-0.3, -0.25) is 0 Å². The third-order valence-electron chi connectivity index (χ3n) is 2.11. The number of nitrogens with zero attached hydrogens (tertiary/aromatic N) is 4. The molecule has 0 saturated heterocycles. The number of rotatable bonds is 3. The third kappa shape index (κ3) is 2.47. The fourth-order valence-electron chi connectivity index (χ4n) is 1.32.